The number of benzene rings is 2. The van der Waals surface area contributed by atoms with Crippen molar-refractivity contribution in [3.63, 3.8) is 0 Å². The lowest BCUT2D eigenvalue weighted by molar-refractivity contribution is -0.123. The number of sulfonamides is 1. The van der Waals surface area contributed by atoms with E-state index in [1.165, 1.54) is 29.3 Å². The molecule has 10 nitrogen and oxygen atoms in total. The molecule has 0 spiro atoms. The maximum atomic E-state index is 11.9. The van der Waals surface area contributed by atoms with Crippen LogP contribution in [0, 0.1) is 0 Å². The van der Waals surface area contributed by atoms with E-state index in [9.17, 15) is 23.4 Å². The summed E-state index contributed by atoms with van der Waals surface area (Å²) >= 11 is 0. The zero-order chi connectivity index (χ0) is 27.5. The monoisotopic (exact) mass is 549 g/mol. The van der Waals surface area contributed by atoms with Crippen molar-refractivity contribution in [2.45, 2.75) is 57.6 Å². The van der Waals surface area contributed by atoms with Crippen molar-refractivity contribution in [2.75, 3.05) is 37.3 Å². The normalized spacial score (nSPS) is 16.1. The number of rotatable bonds is 14. The Hall–Kier alpha value is -3.02. The lowest BCUT2D eigenvalue weighted by Gasteiger charge is -2.20. The fourth-order valence-corrected chi connectivity index (χ4v) is 4.81. The first-order valence-electron chi connectivity index (χ1n) is 13.0. The molecule has 1 unspecified atom stereocenters. The number of aliphatic hydroxyl groups excluding tert-OH is 1. The Morgan fingerprint density at radius 3 is 2.66 bits per heavy atom. The third kappa shape index (κ3) is 10.0. The van der Waals surface area contributed by atoms with E-state index >= 15 is 0 Å². The lowest BCUT2D eigenvalue weighted by Crippen LogP contribution is -2.39. The molecule has 2 aromatic rings. The number of anilines is 1. The van der Waals surface area contributed by atoms with Crippen LogP contribution in [-0.4, -0.2) is 69.2 Å². The number of phenols is 1. The highest BCUT2D eigenvalue weighted by Crippen LogP contribution is 2.29. The minimum atomic E-state index is -3.56. The molecule has 5 N–H and O–H groups in total. The molecule has 0 radical (unpaired) electrons. The van der Waals surface area contributed by atoms with Gasteiger partial charge >= 0.3 is 0 Å². The van der Waals surface area contributed by atoms with Gasteiger partial charge in [0.25, 0.3) is 5.91 Å². The molecule has 0 saturated heterocycles. The Morgan fingerprint density at radius 2 is 1.89 bits per heavy atom. The van der Waals surface area contributed by atoms with E-state index in [1.807, 2.05) is 12.1 Å². The molecule has 3 rings (SSSR count). The number of fused-ring (bicyclic) bond motifs is 1. The maximum absolute atomic E-state index is 11.9. The van der Waals surface area contributed by atoms with Crippen molar-refractivity contribution in [3.05, 3.63) is 47.5 Å². The molecule has 0 bridgehead atoms. The second-order valence-corrected chi connectivity index (χ2v) is 11.4. The quantitative estimate of drug-likeness (QED) is 0.137. The molecule has 2 atom stereocenters. The SMILES string of the molecule is CCCCNC(=O)COc1ccc2c(c1)CC(NC[C@H](O)COc1ccc(O)c(NS(C)(=O)=O)c1)CCC2. The van der Waals surface area contributed by atoms with Gasteiger partial charge in [-0.25, -0.2) is 8.42 Å². The largest absolute Gasteiger partial charge is 0.506 e. The molecule has 210 valence electrons. The van der Waals surface area contributed by atoms with Gasteiger partial charge in [-0.3, -0.25) is 9.52 Å². The van der Waals surface area contributed by atoms with E-state index in [-0.39, 0.29) is 36.6 Å². The van der Waals surface area contributed by atoms with Gasteiger partial charge in [0.15, 0.2) is 6.61 Å². The summed E-state index contributed by atoms with van der Waals surface area (Å²) in [6, 6.07) is 10.3. The number of carbonyl (C=O) groups is 1. The van der Waals surface area contributed by atoms with Gasteiger partial charge in [-0.2, -0.15) is 0 Å². The fourth-order valence-electron chi connectivity index (χ4n) is 4.25. The highest BCUT2D eigenvalue weighted by Gasteiger charge is 2.19. The van der Waals surface area contributed by atoms with E-state index in [0.29, 0.717) is 24.6 Å². The third-order valence-corrected chi connectivity index (χ3v) is 6.80. The second kappa shape index (κ2) is 14.2. The van der Waals surface area contributed by atoms with Gasteiger partial charge in [0.2, 0.25) is 10.0 Å². The Kier molecular flexibility index (Phi) is 11.1. The van der Waals surface area contributed by atoms with Crippen LogP contribution >= 0.6 is 0 Å². The van der Waals surface area contributed by atoms with Crippen LogP contribution in [0.15, 0.2) is 36.4 Å². The molecule has 11 heteroatoms. The van der Waals surface area contributed by atoms with Gasteiger partial charge in [0.05, 0.1) is 11.9 Å². The molecule has 0 saturated carbocycles. The lowest BCUT2D eigenvalue weighted by atomic mass is 10.0. The first kappa shape index (κ1) is 29.5. The Bertz CT molecular complexity index is 1170. The van der Waals surface area contributed by atoms with Gasteiger partial charge in [-0.1, -0.05) is 19.4 Å². The number of carbonyl (C=O) groups excluding carboxylic acids is 1. The molecule has 2 aromatic carbocycles. The minimum Gasteiger partial charge on any atom is -0.506 e. The van der Waals surface area contributed by atoms with Crippen molar-refractivity contribution in [2.24, 2.45) is 0 Å². The number of hydrogen-bond acceptors (Lipinski definition) is 8. The standard InChI is InChI=1S/C27H39N3O7S/c1-3-4-12-28-27(33)18-37-23-9-8-19-6-5-7-21(13-20(19)14-23)29-16-22(31)17-36-24-10-11-26(32)25(15-24)30-38(2,34)35/h8-11,14-15,21-22,29-32H,3-7,12-13,16-18H2,1-2H3,(H,28,33)/t21?,22-/m0/s1. The molecule has 38 heavy (non-hydrogen) atoms. The summed E-state index contributed by atoms with van der Waals surface area (Å²) in [6.45, 7) is 3.04. The first-order valence-corrected chi connectivity index (χ1v) is 14.9. The second-order valence-electron chi connectivity index (χ2n) is 9.64. The highest BCUT2D eigenvalue weighted by atomic mass is 32.2. The number of nitrogens with one attached hydrogen (secondary N) is 3. The van der Waals surface area contributed by atoms with Crippen LogP contribution in [0.5, 0.6) is 17.2 Å². The molecule has 0 fully saturated rings. The molecular weight excluding hydrogens is 510 g/mol. The number of aliphatic hydroxyl groups is 1. The molecule has 0 heterocycles. The summed E-state index contributed by atoms with van der Waals surface area (Å²) in [7, 11) is -3.56. The number of ether oxygens (including phenoxy) is 2. The first-order chi connectivity index (χ1) is 18.1. The molecule has 0 aliphatic heterocycles. The van der Waals surface area contributed by atoms with Gasteiger partial charge < -0.3 is 30.3 Å². The van der Waals surface area contributed by atoms with E-state index in [0.717, 1.165) is 44.8 Å². The number of amides is 1. The fraction of sp³-hybridized carbons (Fsp3) is 0.519. The van der Waals surface area contributed by atoms with Crippen LogP contribution in [-0.2, 0) is 27.7 Å². The van der Waals surface area contributed by atoms with E-state index in [4.69, 9.17) is 9.47 Å². The zero-order valence-corrected chi connectivity index (χ0v) is 22.9. The van der Waals surface area contributed by atoms with Crippen molar-refractivity contribution in [1.82, 2.24) is 10.6 Å². The predicted molar refractivity (Wildman–Crippen MR) is 146 cm³/mol. The number of aryl methyl sites for hydroxylation is 1. The Labute approximate surface area is 224 Å². The molecule has 0 aromatic heterocycles. The van der Waals surface area contributed by atoms with Crippen molar-refractivity contribution in [1.29, 1.82) is 0 Å². The molecule has 1 aliphatic carbocycles. The summed E-state index contributed by atoms with van der Waals surface area (Å²) in [5.74, 6) is 0.645. The molecule has 1 aliphatic rings. The zero-order valence-electron chi connectivity index (χ0n) is 22.0. The van der Waals surface area contributed by atoms with Gasteiger partial charge in [0, 0.05) is 25.2 Å². The smallest absolute Gasteiger partial charge is 0.257 e. The van der Waals surface area contributed by atoms with E-state index in [1.54, 1.807) is 0 Å². The number of aromatic hydroxyl groups is 1. The average Bonchev–Trinajstić information content (AvgIpc) is 3.07. The maximum Gasteiger partial charge on any atom is 0.257 e. The number of hydrogen-bond donors (Lipinski definition) is 5. The van der Waals surface area contributed by atoms with Crippen LogP contribution < -0.4 is 24.8 Å². The summed E-state index contributed by atoms with van der Waals surface area (Å²) in [5.41, 5.74) is 2.45. The Balaban J connectivity index is 1.48. The molecular formula is C27H39N3O7S. The minimum absolute atomic E-state index is 0.00228. The predicted octanol–water partition coefficient (Wildman–Crippen LogP) is 2.34. The summed E-state index contributed by atoms with van der Waals surface area (Å²) in [5, 5.41) is 26.6. The summed E-state index contributed by atoms with van der Waals surface area (Å²) < 4.78 is 36.5. The Morgan fingerprint density at radius 1 is 1.13 bits per heavy atom. The highest BCUT2D eigenvalue weighted by molar-refractivity contribution is 7.92. The van der Waals surface area contributed by atoms with Crippen LogP contribution in [0.4, 0.5) is 5.69 Å². The third-order valence-electron chi connectivity index (χ3n) is 6.21. The number of phenolic OH excluding ortho intramolecular Hbond substituents is 1. The van der Waals surface area contributed by atoms with Crippen LogP contribution in [0.25, 0.3) is 0 Å². The topological polar surface area (TPSA) is 146 Å². The van der Waals surface area contributed by atoms with Gasteiger partial charge in [-0.05, 0) is 67.5 Å². The van der Waals surface area contributed by atoms with Crippen LogP contribution in [0.1, 0.15) is 43.7 Å². The van der Waals surface area contributed by atoms with Crippen molar-refractivity contribution in [3.8, 4) is 17.2 Å². The van der Waals surface area contributed by atoms with Crippen molar-refractivity contribution >= 4 is 21.6 Å². The molecule has 1 amide bonds. The summed E-state index contributed by atoms with van der Waals surface area (Å²) in [4.78, 5) is 11.9. The van der Waals surface area contributed by atoms with Crippen LogP contribution in [0.2, 0.25) is 0 Å². The van der Waals surface area contributed by atoms with Gasteiger partial charge in [-0.15, -0.1) is 0 Å². The average molecular weight is 550 g/mol. The van der Waals surface area contributed by atoms with E-state index in [2.05, 4.69) is 28.3 Å². The van der Waals surface area contributed by atoms with Crippen LogP contribution in [0.3, 0.4) is 0 Å². The van der Waals surface area contributed by atoms with Crippen molar-refractivity contribution < 1.29 is 32.9 Å². The summed E-state index contributed by atoms with van der Waals surface area (Å²) in [6.07, 6.45) is 5.87. The van der Waals surface area contributed by atoms with Gasteiger partial charge in [0.1, 0.15) is 30.0 Å². The van der Waals surface area contributed by atoms with E-state index < -0.39 is 16.1 Å². The number of unbranched alkanes of at least 4 members (excludes halogenated alkanes) is 1.